The van der Waals surface area contributed by atoms with Crippen LogP contribution in [0.15, 0.2) is 24.3 Å². The summed E-state index contributed by atoms with van der Waals surface area (Å²) in [6.07, 6.45) is 0. The third kappa shape index (κ3) is 2.37. The van der Waals surface area contributed by atoms with Gasteiger partial charge in [0.05, 0.1) is 5.52 Å². The van der Waals surface area contributed by atoms with E-state index in [4.69, 9.17) is 10.1 Å². The molecule has 5 heteroatoms. The monoisotopic (exact) mass is 230 g/mol. The highest BCUT2D eigenvalue weighted by atomic mass is 16.7. The van der Waals surface area contributed by atoms with Crippen LogP contribution >= 0.6 is 0 Å². The summed E-state index contributed by atoms with van der Waals surface area (Å²) in [4.78, 5) is 11.8. The molecule has 2 rings (SSSR count). The third-order valence-corrected chi connectivity index (χ3v) is 2.38. The fraction of sp³-hybridized carbons (Fsp3) is 0.333. The summed E-state index contributed by atoms with van der Waals surface area (Å²) in [7, 11) is 3.95. The lowest BCUT2D eigenvalue weighted by Gasteiger charge is -2.11. The number of hydrogen-bond acceptors (Lipinski definition) is 4. The maximum atomic E-state index is 9.00. The van der Waals surface area contributed by atoms with E-state index in [0.29, 0.717) is 6.61 Å². The molecule has 1 heterocycles. The molecule has 17 heavy (non-hydrogen) atoms. The fourth-order valence-electron chi connectivity index (χ4n) is 1.52. The standard InChI is InChI=1S/C12H14N4O/c1-15(2)7-8-17-16-11-6-4-3-5-10(11)14-12(16)9-13/h3-6H,7-8H2,1-2H3. The van der Waals surface area contributed by atoms with Gasteiger partial charge in [-0.15, -0.1) is 0 Å². The number of benzene rings is 1. The molecule has 0 saturated heterocycles. The predicted molar refractivity (Wildman–Crippen MR) is 64.4 cm³/mol. The Hall–Kier alpha value is -2.06. The van der Waals surface area contributed by atoms with Crippen LogP contribution < -0.4 is 4.84 Å². The molecule has 0 unspecified atom stereocenters. The maximum absolute atomic E-state index is 9.00. The molecule has 0 aliphatic heterocycles. The molecule has 2 aromatic rings. The first-order valence-electron chi connectivity index (χ1n) is 5.38. The summed E-state index contributed by atoms with van der Waals surface area (Å²) >= 11 is 0. The summed E-state index contributed by atoms with van der Waals surface area (Å²) in [5.74, 6) is 0.282. The molecule has 0 N–H and O–H groups in total. The van der Waals surface area contributed by atoms with E-state index < -0.39 is 0 Å². The number of likely N-dealkylation sites (N-methyl/N-ethyl adjacent to an activating group) is 1. The van der Waals surface area contributed by atoms with Gasteiger partial charge in [-0.2, -0.15) is 9.99 Å². The molecule has 0 bridgehead atoms. The van der Waals surface area contributed by atoms with Crippen molar-refractivity contribution in [2.24, 2.45) is 0 Å². The molecular weight excluding hydrogens is 216 g/mol. The predicted octanol–water partition coefficient (Wildman–Crippen LogP) is 0.898. The van der Waals surface area contributed by atoms with Gasteiger partial charge in [0.15, 0.2) is 0 Å². The Balaban J connectivity index is 2.28. The smallest absolute Gasteiger partial charge is 0.247 e. The van der Waals surface area contributed by atoms with E-state index in [1.165, 1.54) is 4.73 Å². The van der Waals surface area contributed by atoms with Crippen molar-refractivity contribution < 1.29 is 4.84 Å². The lowest BCUT2D eigenvalue weighted by molar-refractivity contribution is 0.103. The van der Waals surface area contributed by atoms with Crippen LogP contribution in [0.25, 0.3) is 11.0 Å². The molecule has 0 amide bonds. The van der Waals surface area contributed by atoms with Crippen LogP contribution in [0.4, 0.5) is 0 Å². The number of imidazole rings is 1. The van der Waals surface area contributed by atoms with Gasteiger partial charge >= 0.3 is 0 Å². The lowest BCUT2D eigenvalue weighted by atomic mass is 10.3. The highest BCUT2D eigenvalue weighted by Gasteiger charge is 2.10. The highest BCUT2D eigenvalue weighted by molar-refractivity contribution is 5.76. The van der Waals surface area contributed by atoms with Gasteiger partial charge in [0.1, 0.15) is 18.2 Å². The SMILES string of the molecule is CN(C)CCOn1c(C#N)nc2ccccc21. The number of rotatable bonds is 4. The van der Waals surface area contributed by atoms with Crippen molar-refractivity contribution in [1.82, 2.24) is 14.6 Å². The number of para-hydroxylation sites is 2. The minimum Gasteiger partial charge on any atom is -0.410 e. The van der Waals surface area contributed by atoms with Gasteiger partial charge in [-0.05, 0) is 26.2 Å². The van der Waals surface area contributed by atoms with Gasteiger partial charge in [-0.25, -0.2) is 4.98 Å². The second-order valence-electron chi connectivity index (χ2n) is 3.97. The topological polar surface area (TPSA) is 54.1 Å². The van der Waals surface area contributed by atoms with E-state index in [-0.39, 0.29) is 5.82 Å². The number of fused-ring (bicyclic) bond motifs is 1. The van der Waals surface area contributed by atoms with Crippen LogP contribution in [-0.4, -0.2) is 41.9 Å². The Labute approximate surface area is 99.8 Å². The number of nitriles is 1. The second kappa shape index (κ2) is 4.85. The molecular formula is C12H14N4O. The zero-order chi connectivity index (χ0) is 12.3. The number of hydrogen-bond donors (Lipinski definition) is 0. The molecule has 88 valence electrons. The third-order valence-electron chi connectivity index (χ3n) is 2.38. The van der Waals surface area contributed by atoms with Crippen LogP contribution in [0, 0.1) is 11.3 Å². The van der Waals surface area contributed by atoms with Gasteiger partial charge in [0.25, 0.3) is 0 Å². The van der Waals surface area contributed by atoms with Gasteiger partial charge < -0.3 is 9.74 Å². The molecule has 0 aliphatic carbocycles. The van der Waals surface area contributed by atoms with E-state index in [9.17, 15) is 0 Å². The summed E-state index contributed by atoms with van der Waals surface area (Å²) in [5, 5.41) is 9.00. The minimum atomic E-state index is 0.282. The molecule has 0 aliphatic rings. The van der Waals surface area contributed by atoms with Gasteiger partial charge in [0, 0.05) is 6.54 Å². The second-order valence-corrected chi connectivity index (χ2v) is 3.97. The largest absolute Gasteiger partial charge is 0.410 e. The van der Waals surface area contributed by atoms with Crippen molar-refractivity contribution in [2.45, 2.75) is 0 Å². The molecule has 1 aromatic carbocycles. The van der Waals surface area contributed by atoms with Crippen LogP contribution in [0.1, 0.15) is 5.82 Å². The average molecular weight is 230 g/mol. The first kappa shape index (κ1) is 11.4. The number of nitrogens with zero attached hydrogens (tertiary/aromatic N) is 4. The minimum absolute atomic E-state index is 0.282. The van der Waals surface area contributed by atoms with Crippen LogP contribution in [-0.2, 0) is 0 Å². The quantitative estimate of drug-likeness (QED) is 0.783. The fourth-order valence-corrected chi connectivity index (χ4v) is 1.52. The van der Waals surface area contributed by atoms with Crippen LogP contribution in [0.5, 0.6) is 0 Å². The van der Waals surface area contributed by atoms with Gasteiger partial charge in [0.2, 0.25) is 5.82 Å². The summed E-state index contributed by atoms with van der Waals surface area (Å²) in [6, 6.07) is 9.58. The van der Waals surface area contributed by atoms with Crippen molar-refractivity contribution in [3.05, 3.63) is 30.1 Å². The zero-order valence-electron chi connectivity index (χ0n) is 9.92. The molecule has 1 aromatic heterocycles. The van der Waals surface area contributed by atoms with Crippen LogP contribution in [0.2, 0.25) is 0 Å². The molecule has 0 atom stereocenters. The summed E-state index contributed by atoms with van der Waals surface area (Å²) in [6.45, 7) is 1.30. The zero-order valence-corrected chi connectivity index (χ0v) is 9.92. The van der Waals surface area contributed by atoms with E-state index in [2.05, 4.69) is 4.98 Å². The highest BCUT2D eigenvalue weighted by Crippen LogP contribution is 2.13. The van der Waals surface area contributed by atoms with E-state index in [0.717, 1.165) is 17.6 Å². The Morgan fingerprint density at radius 1 is 1.41 bits per heavy atom. The molecule has 0 fully saturated rings. The van der Waals surface area contributed by atoms with E-state index in [1.807, 2.05) is 49.3 Å². The van der Waals surface area contributed by atoms with Gasteiger partial charge in [-0.1, -0.05) is 12.1 Å². The molecule has 0 radical (unpaired) electrons. The Kier molecular flexibility index (Phi) is 3.26. The van der Waals surface area contributed by atoms with Crippen molar-refractivity contribution >= 4 is 11.0 Å². The Morgan fingerprint density at radius 3 is 2.88 bits per heavy atom. The van der Waals surface area contributed by atoms with Crippen molar-refractivity contribution in [3.8, 4) is 6.07 Å². The molecule has 0 spiro atoms. The molecule has 5 nitrogen and oxygen atoms in total. The van der Waals surface area contributed by atoms with Crippen LogP contribution in [0.3, 0.4) is 0 Å². The lowest BCUT2D eigenvalue weighted by Crippen LogP contribution is -2.24. The number of aromatic nitrogens is 2. The molecule has 0 saturated carbocycles. The van der Waals surface area contributed by atoms with Crippen molar-refractivity contribution in [3.63, 3.8) is 0 Å². The summed E-state index contributed by atoms with van der Waals surface area (Å²) < 4.78 is 1.50. The van der Waals surface area contributed by atoms with E-state index in [1.54, 1.807) is 0 Å². The Morgan fingerprint density at radius 2 is 2.18 bits per heavy atom. The summed E-state index contributed by atoms with van der Waals surface area (Å²) in [5.41, 5.74) is 1.59. The average Bonchev–Trinajstić information content (AvgIpc) is 2.67. The van der Waals surface area contributed by atoms with Gasteiger partial charge in [-0.3, -0.25) is 0 Å². The first-order chi connectivity index (χ1) is 8.22. The Bertz CT molecular complexity index is 553. The van der Waals surface area contributed by atoms with Crippen molar-refractivity contribution in [2.75, 3.05) is 27.2 Å². The first-order valence-corrected chi connectivity index (χ1v) is 5.38. The maximum Gasteiger partial charge on any atom is 0.247 e. The van der Waals surface area contributed by atoms with E-state index >= 15 is 0 Å². The van der Waals surface area contributed by atoms with Crippen molar-refractivity contribution in [1.29, 1.82) is 5.26 Å². The normalized spacial score (nSPS) is 10.7.